The third kappa shape index (κ3) is 8.57. The third-order valence-corrected chi connectivity index (χ3v) is 4.67. The summed E-state index contributed by atoms with van der Waals surface area (Å²) in [5.74, 6) is 0.256. The van der Waals surface area contributed by atoms with Crippen LogP contribution in [0.3, 0.4) is 0 Å². The van der Waals surface area contributed by atoms with Gasteiger partial charge in [-0.3, -0.25) is 0 Å². The summed E-state index contributed by atoms with van der Waals surface area (Å²) in [6, 6.07) is 0. The van der Waals surface area contributed by atoms with E-state index in [2.05, 4.69) is 19.2 Å². The predicted molar refractivity (Wildman–Crippen MR) is 73.7 cm³/mol. The van der Waals surface area contributed by atoms with Crippen LogP contribution in [0.15, 0.2) is 0 Å². The molecule has 0 fully saturated rings. The van der Waals surface area contributed by atoms with Crippen molar-refractivity contribution < 1.29 is 8.42 Å². The van der Waals surface area contributed by atoms with Gasteiger partial charge in [0.1, 0.15) is 0 Å². The van der Waals surface area contributed by atoms with Crippen LogP contribution >= 0.6 is 0 Å². The average molecular weight is 264 g/mol. The Morgan fingerprint density at radius 2 is 1.71 bits per heavy atom. The van der Waals surface area contributed by atoms with E-state index in [9.17, 15) is 8.42 Å². The second-order valence-electron chi connectivity index (χ2n) is 4.45. The quantitative estimate of drug-likeness (QED) is 0.579. The lowest BCUT2D eigenvalue weighted by atomic mass is 10.2. The molecule has 0 radical (unpaired) electrons. The number of nitrogens with zero attached hydrogens (tertiary/aromatic N) is 1. The normalized spacial score (nSPS) is 12.2. The lowest BCUT2D eigenvalue weighted by molar-refractivity contribution is 0.452. The standard InChI is InChI=1S/C12H28N2O2S/c1-4-6-7-11-14(3)17(15,16)12-8-10-13-9-5-2/h13H,4-12H2,1-3H3. The summed E-state index contributed by atoms with van der Waals surface area (Å²) < 4.78 is 25.2. The lowest BCUT2D eigenvalue weighted by Gasteiger charge is -2.16. The van der Waals surface area contributed by atoms with Crippen LogP contribution in [0.4, 0.5) is 0 Å². The summed E-state index contributed by atoms with van der Waals surface area (Å²) in [5.41, 5.74) is 0. The van der Waals surface area contributed by atoms with Crippen molar-refractivity contribution in [2.45, 2.75) is 46.0 Å². The molecule has 104 valence electrons. The van der Waals surface area contributed by atoms with E-state index in [4.69, 9.17) is 0 Å². The fourth-order valence-electron chi connectivity index (χ4n) is 1.56. The zero-order chi connectivity index (χ0) is 13.1. The maximum absolute atomic E-state index is 11.9. The van der Waals surface area contributed by atoms with Crippen molar-refractivity contribution in [3.05, 3.63) is 0 Å². The Bertz CT molecular complexity index is 266. The maximum atomic E-state index is 11.9. The molecule has 0 saturated carbocycles. The van der Waals surface area contributed by atoms with E-state index >= 15 is 0 Å². The maximum Gasteiger partial charge on any atom is 0.213 e. The zero-order valence-electron chi connectivity index (χ0n) is 11.5. The molecule has 0 aliphatic carbocycles. The van der Waals surface area contributed by atoms with Gasteiger partial charge < -0.3 is 5.32 Å². The largest absolute Gasteiger partial charge is 0.317 e. The van der Waals surface area contributed by atoms with Crippen LogP contribution in [0.25, 0.3) is 0 Å². The molecule has 0 spiro atoms. The molecule has 0 aliphatic rings. The molecule has 0 aliphatic heterocycles. The van der Waals surface area contributed by atoms with E-state index in [1.165, 1.54) is 4.31 Å². The molecule has 0 heterocycles. The second kappa shape index (κ2) is 9.85. The van der Waals surface area contributed by atoms with Crippen LogP contribution in [-0.2, 0) is 10.0 Å². The molecule has 4 nitrogen and oxygen atoms in total. The van der Waals surface area contributed by atoms with Crippen LogP contribution in [-0.4, -0.2) is 45.2 Å². The fraction of sp³-hybridized carbons (Fsp3) is 1.00. The molecular weight excluding hydrogens is 236 g/mol. The van der Waals surface area contributed by atoms with Gasteiger partial charge >= 0.3 is 0 Å². The molecule has 17 heavy (non-hydrogen) atoms. The summed E-state index contributed by atoms with van der Waals surface area (Å²) in [6.45, 7) is 6.62. The number of sulfonamides is 1. The zero-order valence-corrected chi connectivity index (χ0v) is 12.4. The van der Waals surface area contributed by atoms with Gasteiger partial charge in [-0.15, -0.1) is 0 Å². The Balaban J connectivity index is 3.77. The van der Waals surface area contributed by atoms with Gasteiger partial charge in [0.15, 0.2) is 0 Å². The van der Waals surface area contributed by atoms with Crippen LogP contribution in [0.2, 0.25) is 0 Å². The average Bonchev–Trinajstić information content (AvgIpc) is 2.29. The van der Waals surface area contributed by atoms with Gasteiger partial charge in [-0.05, 0) is 32.4 Å². The van der Waals surface area contributed by atoms with E-state index in [0.29, 0.717) is 13.0 Å². The van der Waals surface area contributed by atoms with Crippen LogP contribution < -0.4 is 5.32 Å². The first-order chi connectivity index (χ1) is 8.04. The molecule has 0 aromatic rings. The number of hydrogen-bond donors (Lipinski definition) is 1. The van der Waals surface area contributed by atoms with Gasteiger partial charge in [0.2, 0.25) is 10.0 Å². The highest BCUT2D eigenvalue weighted by Crippen LogP contribution is 2.03. The van der Waals surface area contributed by atoms with Crippen LogP contribution in [0.1, 0.15) is 46.0 Å². The summed E-state index contributed by atoms with van der Waals surface area (Å²) in [7, 11) is -1.35. The number of unbranched alkanes of at least 4 members (excludes halogenated alkanes) is 2. The van der Waals surface area contributed by atoms with Crippen molar-refractivity contribution in [2.24, 2.45) is 0 Å². The monoisotopic (exact) mass is 264 g/mol. The van der Waals surface area contributed by atoms with Crippen molar-refractivity contribution >= 4 is 10.0 Å². The minimum Gasteiger partial charge on any atom is -0.317 e. The summed E-state index contributed by atoms with van der Waals surface area (Å²) in [6.07, 6.45) is 4.96. The smallest absolute Gasteiger partial charge is 0.213 e. The van der Waals surface area contributed by atoms with Crippen LogP contribution in [0, 0.1) is 0 Å². The Morgan fingerprint density at radius 3 is 2.29 bits per heavy atom. The minimum absolute atomic E-state index is 0.256. The first-order valence-electron chi connectivity index (χ1n) is 6.69. The van der Waals surface area contributed by atoms with Gasteiger partial charge in [0, 0.05) is 13.6 Å². The summed E-state index contributed by atoms with van der Waals surface area (Å²) >= 11 is 0. The van der Waals surface area contributed by atoms with Gasteiger partial charge in [0.25, 0.3) is 0 Å². The number of nitrogens with one attached hydrogen (secondary N) is 1. The number of rotatable bonds is 11. The van der Waals surface area contributed by atoms with E-state index in [0.717, 1.165) is 38.8 Å². The van der Waals surface area contributed by atoms with Crippen molar-refractivity contribution in [3.63, 3.8) is 0 Å². The Labute approximate surface area is 107 Å². The molecule has 0 unspecified atom stereocenters. The molecule has 0 atom stereocenters. The lowest BCUT2D eigenvalue weighted by Crippen LogP contribution is -2.31. The summed E-state index contributed by atoms with van der Waals surface area (Å²) in [4.78, 5) is 0. The Hall–Kier alpha value is -0.130. The molecule has 0 rings (SSSR count). The Morgan fingerprint density at radius 1 is 1.00 bits per heavy atom. The molecular formula is C12H28N2O2S. The van der Waals surface area contributed by atoms with Gasteiger partial charge in [0.05, 0.1) is 5.75 Å². The third-order valence-electron chi connectivity index (χ3n) is 2.73. The van der Waals surface area contributed by atoms with E-state index in [1.54, 1.807) is 7.05 Å². The number of hydrogen-bond acceptors (Lipinski definition) is 3. The molecule has 0 aromatic carbocycles. The van der Waals surface area contributed by atoms with Gasteiger partial charge in [-0.2, -0.15) is 0 Å². The van der Waals surface area contributed by atoms with Gasteiger partial charge in [-0.1, -0.05) is 26.7 Å². The van der Waals surface area contributed by atoms with Crippen molar-refractivity contribution in [2.75, 3.05) is 32.4 Å². The molecule has 0 aromatic heterocycles. The SMILES string of the molecule is CCCCCN(C)S(=O)(=O)CCCNCCC. The highest BCUT2D eigenvalue weighted by molar-refractivity contribution is 7.89. The molecule has 0 amide bonds. The van der Waals surface area contributed by atoms with E-state index in [-0.39, 0.29) is 5.75 Å². The molecule has 0 saturated heterocycles. The van der Waals surface area contributed by atoms with Gasteiger partial charge in [-0.25, -0.2) is 12.7 Å². The first-order valence-corrected chi connectivity index (χ1v) is 8.30. The molecule has 0 bridgehead atoms. The summed E-state index contributed by atoms with van der Waals surface area (Å²) in [5, 5.41) is 3.22. The van der Waals surface area contributed by atoms with E-state index in [1.807, 2.05) is 0 Å². The minimum atomic E-state index is -3.03. The highest BCUT2D eigenvalue weighted by atomic mass is 32.2. The topological polar surface area (TPSA) is 49.4 Å². The Kier molecular flexibility index (Phi) is 9.78. The second-order valence-corrected chi connectivity index (χ2v) is 6.64. The highest BCUT2D eigenvalue weighted by Gasteiger charge is 2.16. The first kappa shape index (κ1) is 16.9. The molecule has 1 N–H and O–H groups in total. The predicted octanol–water partition coefficient (Wildman–Crippen LogP) is 1.83. The fourth-order valence-corrected chi connectivity index (χ4v) is 2.79. The van der Waals surface area contributed by atoms with Crippen molar-refractivity contribution in [3.8, 4) is 0 Å². The van der Waals surface area contributed by atoms with Crippen molar-refractivity contribution in [1.29, 1.82) is 0 Å². The van der Waals surface area contributed by atoms with Crippen LogP contribution in [0.5, 0.6) is 0 Å². The van der Waals surface area contributed by atoms with E-state index < -0.39 is 10.0 Å². The molecule has 5 heteroatoms. The van der Waals surface area contributed by atoms with Crippen molar-refractivity contribution in [1.82, 2.24) is 9.62 Å².